The Balaban J connectivity index is 1.83. The zero-order valence-corrected chi connectivity index (χ0v) is 12.4. The van der Waals surface area contributed by atoms with Gasteiger partial charge in [0.05, 0.1) is 30.9 Å². The Morgan fingerprint density at radius 3 is 2.90 bits per heavy atom. The lowest BCUT2D eigenvalue weighted by molar-refractivity contribution is -0.131. The van der Waals surface area contributed by atoms with Crippen molar-refractivity contribution in [3.8, 4) is 0 Å². The van der Waals surface area contributed by atoms with Crippen LogP contribution in [0.5, 0.6) is 0 Å². The fourth-order valence-corrected chi connectivity index (χ4v) is 4.20. The van der Waals surface area contributed by atoms with E-state index in [1.54, 1.807) is 17.2 Å². The molecule has 1 saturated heterocycles. The predicted octanol–water partition coefficient (Wildman–Crippen LogP) is 0.405. The smallest absolute Gasteiger partial charge is 0.236 e. The van der Waals surface area contributed by atoms with Gasteiger partial charge in [0.25, 0.3) is 0 Å². The summed E-state index contributed by atoms with van der Waals surface area (Å²) in [5.41, 5.74) is 0. The Labute approximate surface area is 119 Å². The average molecular weight is 300 g/mol. The summed E-state index contributed by atoms with van der Waals surface area (Å²) in [4.78, 5) is 13.8. The Morgan fingerprint density at radius 2 is 2.35 bits per heavy atom. The molecular formula is C13H20N2O4S. The summed E-state index contributed by atoms with van der Waals surface area (Å²) in [5, 5.41) is 3.01. The van der Waals surface area contributed by atoms with Crippen molar-refractivity contribution in [3.63, 3.8) is 0 Å². The van der Waals surface area contributed by atoms with Gasteiger partial charge in [-0.25, -0.2) is 8.42 Å². The number of nitrogens with zero attached hydrogens (tertiary/aromatic N) is 1. The van der Waals surface area contributed by atoms with Gasteiger partial charge < -0.3 is 14.6 Å². The molecule has 0 bridgehead atoms. The second kappa shape index (κ2) is 6.41. The van der Waals surface area contributed by atoms with E-state index in [2.05, 4.69) is 5.32 Å². The summed E-state index contributed by atoms with van der Waals surface area (Å²) in [6, 6.07) is 3.45. The molecule has 0 spiro atoms. The van der Waals surface area contributed by atoms with E-state index in [4.69, 9.17) is 4.42 Å². The minimum atomic E-state index is -2.97. The number of carbonyl (C=O) groups excluding carboxylic acids is 1. The molecule has 1 amide bonds. The first-order chi connectivity index (χ1) is 9.52. The fourth-order valence-electron chi connectivity index (χ4n) is 2.47. The number of hydrogen-bond acceptors (Lipinski definition) is 5. The summed E-state index contributed by atoms with van der Waals surface area (Å²) in [7, 11) is -2.97. The van der Waals surface area contributed by atoms with E-state index in [0.717, 1.165) is 5.76 Å². The highest BCUT2D eigenvalue weighted by molar-refractivity contribution is 7.91. The van der Waals surface area contributed by atoms with Gasteiger partial charge in [0.1, 0.15) is 5.76 Å². The SMILES string of the molecule is CCN(C(=O)CNCc1ccco1)C1CCS(=O)(=O)C1. The number of furan rings is 1. The van der Waals surface area contributed by atoms with Crippen LogP contribution >= 0.6 is 0 Å². The van der Waals surface area contributed by atoms with Crippen molar-refractivity contribution in [1.82, 2.24) is 10.2 Å². The molecule has 0 saturated carbocycles. The van der Waals surface area contributed by atoms with Gasteiger partial charge >= 0.3 is 0 Å². The third-order valence-corrected chi connectivity index (χ3v) is 5.22. The molecule has 6 nitrogen and oxygen atoms in total. The Hall–Kier alpha value is -1.34. The molecule has 1 aliphatic heterocycles. The predicted molar refractivity (Wildman–Crippen MR) is 74.9 cm³/mol. The number of amides is 1. The monoisotopic (exact) mass is 300 g/mol. The van der Waals surface area contributed by atoms with Crippen molar-refractivity contribution in [2.45, 2.75) is 25.9 Å². The highest BCUT2D eigenvalue weighted by Gasteiger charge is 2.33. The summed E-state index contributed by atoms with van der Waals surface area (Å²) < 4.78 is 28.1. The lowest BCUT2D eigenvalue weighted by atomic mass is 10.2. The van der Waals surface area contributed by atoms with Gasteiger partial charge in [-0.3, -0.25) is 4.79 Å². The molecule has 2 heterocycles. The molecule has 7 heteroatoms. The maximum atomic E-state index is 12.1. The van der Waals surface area contributed by atoms with Crippen LogP contribution in [0.4, 0.5) is 0 Å². The first-order valence-electron chi connectivity index (χ1n) is 6.75. The Bertz CT molecular complexity index is 539. The summed E-state index contributed by atoms with van der Waals surface area (Å²) in [6.45, 7) is 3.07. The van der Waals surface area contributed by atoms with E-state index in [0.29, 0.717) is 19.5 Å². The first kappa shape index (κ1) is 15.1. The quantitative estimate of drug-likeness (QED) is 0.823. The molecule has 1 fully saturated rings. The van der Waals surface area contributed by atoms with E-state index in [-0.39, 0.29) is 30.0 Å². The van der Waals surface area contributed by atoms with E-state index >= 15 is 0 Å². The topological polar surface area (TPSA) is 79.6 Å². The van der Waals surface area contributed by atoms with Crippen molar-refractivity contribution in [2.24, 2.45) is 0 Å². The molecule has 0 aromatic carbocycles. The van der Waals surface area contributed by atoms with Gasteiger partial charge in [0.15, 0.2) is 9.84 Å². The number of rotatable bonds is 6. The van der Waals surface area contributed by atoms with Crippen molar-refractivity contribution >= 4 is 15.7 Å². The van der Waals surface area contributed by atoms with Gasteiger partial charge in [-0.05, 0) is 25.5 Å². The number of nitrogens with one attached hydrogen (secondary N) is 1. The van der Waals surface area contributed by atoms with E-state index in [1.165, 1.54) is 0 Å². The van der Waals surface area contributed by atoms with Gasteiger partial charge in [-0.1, -0.05) is 0 Å². The molecule has 1 atom stereocenters. The molecule has 0 aliphatic carbocycles. The summed E-state index contributed by atoms with van der Waals surface area (Å²) in [5.74, 6) is 0.969. The van der Waals surface area contributed by atoms with E-state index in [1.807, 2.05) is 13.0 Å². The van der Waals surface area contributed by atoms with Crippen molar-refractivity contribution in [2.75, 3.05) is 24.6 Å². The third kappa shape index (κ3) is 3.83. The van der Waals surface area contributed by atoms with Crippen LogP contribution in [0.1, 0.15) is 19.1 Å². The largest absolute Gasteiger partial charge is 0.468 e. The van der Waals surface area contributed by atoms with Crippen LogP contribution in [0.15, 0.2) is 22.8 Å². The first-order valence-corrected chi connectivity index (χ1v) is 8.57. The van der Waals surface area contributed by atoms with Gasteiger partial charge in [0, 0.05) is 12.6 Å². The van der Waals surface area contributed by atoms with Crippen molar-refractivity contribution in [1.29, 1.82) is 0 Å². The number of sulfone groups is 1. The molecule has 112 valence electrons. The molecule has 1 unspecified atom stereocenters. The van der Waals surface area contributed by atoms with Crippen LogP contribution in [-0.4, -0.2) is 49.9 Å². The van der Waals surface area contributed by atoms with Crippen LogP contribution in [0, 0.1) is 0 Å². The molecule has 1 aromatic heterocycles. The van der Waals surface area contributed by atoms with Gasteiger partial charge in [-0.15, -0.1) is 0 Å². The molecule has 1 aromatic rings. The lowest BCUT2D eigenvalue weighted by Gasteiger charge is -2.27. The van der Waals surface area contributed by atoms with Crippen molar-refractivity contribution in [3.05, 3.63) is 24.2 Å². The zero-order valence-electron chi connectivity index (χ0n) is 11.5. The maximum Gasteiger partial charge on any atom is 0.236 e. The highest BCUT2D eigenvalue weighted by atomic mass is 32.2. The number of likely N-dealkylation sites (N-methyl/N-ethyl adjacent to an activating group) is 1. The van der Waals surface area contributed by atoms with Crippen LogP contribution in [0.25, 0.3) is 0 Å². The van der Waals surface area contributed by atoms with Gasteiger partial charge in [-0.2, -0.15) is 0 Å². The van der Waals surface area contributed by atoms with Crippen LogP contribution in [0.2, 0.25) is 0 Å². The second-order valence-corrected chi connectivity index (χ2v) is 7.15. The molecule has 2 rings (SSSR count). The lowest BCUT2D eigenvalue weighted by Crippen LogP contribution is -2.45. The molecule has 20 heavy (non-hydrogen) atoms. The second-order valence-electron chi connectivity index (χ2n) is 4.92. The van der Waals surface area contributed by atoms with Crippen LogP contribution in [-0.2, 0) is 21.2 Å². The number of carbonyl (C=O) groups is 1. The highest BCUT2D eigenvalue weighted by Crippen LogP contribution is 2.17. The fraction of sp³-hybridized carbons (Fsp3) is 0.615. The van der Waals surface area contributed by atoms with Crippen LogP contribution < -0.4 is 5.32 Å². The van der Waals surface area contributed by atoms with E-state index in [9.17, 15) is 13.2 Å². The zero-order chi connectivity index (χ0) is 14.6. The van der Waals surface area contributed by atoms with Gasteiger partial charge in [0.2, 0.25) is 5.91 Å². The average Bonchev–Trinajstić information content (AvgIpc) is 3.00. The Morgan fingerprint density at radius 1 is 1.55 bits per heavy atom. The maximum absolute atomic E-state index is 12.1. The van der Waals surface area contributed by atoms with E-state index < -0.39 is 9.84 Å². The summed E-state index contributed by atoms with van der Waals surface area (Å²) in [6.07, 6.45) is 2.13. The minimum absolute atomic E-state index is 0.0684. The molecule has 0 radical (unpaired) electrons. The standard InChI is InChI=1S/C13H20N2O4S/c1-2-15(11-5-7-20(17,18)10-11)13(16)9-14-8-12-4-3-6-19-12/h3-4,6,11,14H,2,5,7-10H2,1H3. The normalized spacial score (nSPS) is 20.9. The number of hydrogen-bond donors (Lipinski definition) is 1. The van der Waals surface area contributed by atoms with Crippen molar-refractivity contribution < 1.29 is 17.6 Å². The molecular weight excluding hydrogens is 280 g/mol. The summed E-state index contributed by atoms with van der Waals surface area (Å²) >= 11 is 0. The van der Waals surface area contributed by atoms with Crippen LogP contribution in [0.3, 0.4) is 0 Å². The Kier molecular flexibility index (Phi) is 4.82. The molecule has 1 aliphatic rings. The minimum Gasteiger partial charge on any atom is -0.468 e. The molecule has 1 N–H and O–H groups in total. The third-order valence-electron chi connectivity index (χ3n) is 3.47.